The Morgan fingerprint density at radius 1 is 1.29 bits per heavy atom. The highest BCUT2D eigenvalue weighted by Crippen LogP contribution is 2.42. The summed E-state index contributed by atoms with van der Waals surface area (Å²) in [5, 5.41) is 3.48. The molecule has 0 aromatic heterocycles. The van der Waals surface area contributed by atoms with E-state index in [2.05, 4.69) is 54.2 Å². The number of halogens is 1. The van der Waals surface area contributed by atoms with Crippen LogP contribution < -0.4 is 10.1 Å². The molecular weight excluding hydrogens is 330 g/mol. The van der Waals surface area contributed by atoms with Crippen LogP contribution in [0.5, 0.6) is 5.75 Å². The van der Waals surface area contributed by atoms with Crippen molar-refractivity contribution >= 4 is 15.9 Å². The van der Waals surface area contributed by atoms with Crippen molar-refractivity contribution in [2.75, 3.05) is 13.7 Å². The van der Waals surface area contributed by atoms with Crippen LogP contribution in [-0.4, -0.2) is 25.9 Å². The molecule has 0 radical (unpaired) electrons. The van der Waals surface area contributed by atoms with Crippen LogP contribution in [0.3, 0.4) is 0 Å². The lowest BCUT2D eigenvalue weighted by Gasteiger charge is -2.30. The summed E-state index contributed by atoms with van der Waals surface area (Å²) in [6.07, 6.45) is 0.563. The minimum Gasteiger partial charge on any atom is -0.494 e. The second-order valence-corrected chi connectivity index (χ2v) is 6.72. The zero-order valence-corrected chi connectivity index (χ0v) is 15.1. The molecule has 2 rings (SSSR count). The van der Waals surface area contributed by atoms with Gasteiger partial charge in [-0.3, -0.25) is 0 Å². The van der Waals surface area contributed by atoms with Crippen molar-refractivity contribution in [1.29, 1.82) is 0 Å². The van der Waals surface area contributed by atoms with Gasteiger partial charge in [-0.2, -0.15) is 0 Å². The molecule has 1 fully saturated rings. The molecule has 0 bridgehead atoms. The molecule has 4 heteroatoms. The van der Waals surface area contributed by atoms with E-state index >= 15 is 0 Å². The van der Waals surface area contributed by atoms with E-state index in [-0.39, 0.29) is 12.1 Å². The molecule has 21 heavy (non-hydrogen) atoms. The zero-order chi connectivity index (χ0) is 15.6. The molecule has 5 atom stereocenters. The first-order valence-corrected chi connectivity index (χ1v) is 8.53. The maximum Gasteiger partial charge on any atom is 0.120 e. The molecule has 0 aliphatic carbocycles. The van der Waals surface area contributed by atoms with Crippen molar-refractivity contribution in [3.63, 3.8) is 0 Å². The average Bonchev–Trinajstić information content (AvgIpc) is 2.68. The van der Waals surface area contributed by atoms with Gasteiger partial charge in [0.15, 0.2) is 0 Å². The van der Waals surface area contributed by atoms with Gasteiger partial charge in [0.2, 0.25) is 0 Å². The monoisotopic (exact) mass is 355 g/mol. The molecule has 118 valence electrons. The molecule has 1 aromatic carbocycles. The Morgan fingerprint density at radius 2 is 2.00 bits per heavy atom. The quantitative estimate of drug-likeness (QED) is 0.859. The molecule has 1 heterocycles. The molecule has 1 saturated heterocycles. The fraction of sp³-hybridized carbons (Fsp3) is 0.647. The average molecular weight is 356 g/mol. The zero-order valence-electron chi connectivity index (χ0n) is 13.5. The summed E-state index contributed by atoms with van der Waals surface area (Å²) in [4.78, 5) is 0. The van der Waals surface area contributed by atoms with E-state index in [0.29, 0.717) is 24.5 Å². The van der Waals surface area contributed by atoms with E-state index in [1.54, 1.807) is 0 Å². The minimum atomic E-state index is 0.255. The molecular formula is C17H26BrNO2. The van der Waals surface area contributed by atoms with E-state index in [9.17, 15) is 0 Å². The van der Waals surface area contributed by atoms with Gasteiger partial charge in [-0.25, -0.2) is 0 Å². The molecule has 0 amide bonds. The van der Waals surface area contributed by atoms with Gasteiger partial charge in [0, 0.05) is 16.4 Å². The Kier molecular flexibility index (Phi) is 5.69. The number of ether oxygens (including phenoxy) is 2. The summed E-state index contributed by atoms with van der Waals surface area (Å²) in [5.41, 5.74) is 1.27. The number of rotatable bonds is 5. The maximum atomic E-state index is 6.01. The van der Waals surface area contributed by atoms with Crippen molar-refractivity contribution in [2.45, 2.75) is 45.9 Å². The van der Waals surface area contributed by atoms with Crippen LogP contribution in [0.15, 0.2) is 22.7 Å². The van der Waals surface area contributed by atoms with Gasteiger partial charge in [-0.05, 0) is 51.4 Å². The first-order valence-electron chi connectivity index (χ1n) is 7.74. The predicted molar refractivity (Wildman–Crippen MR) is 89.8 cm³/mol. The highest BCUT2D eigenvalue weighted by Gasteiger charge is 2.42. The van der Waals surface area contributed by atoms with Crippen molar-refractivity contribution < 1.29 is 9.47 Å². The van der Waals surface area contributed by atoms with Gasteiger partial charge in [-0.15, -0.1) is 0 Å². The van der Waals surface area contributed by atoms with Gasteiger partial charge in [0.1, 0.15) is 5.75 Å². The van der Waals surface area contributed by atoms with Crippen LogP contribution in [0.4, 0.5) is 0 Å². The third-order valence-corrected chi connectivity index (χ3v) is 5.32. The topological polar surface area (TPSA) is 30.5 Å². The SMILES string of the molecule is CCOc1ccc(C(NC)C2C(C)OC(C)C2C)c(Br)c1. The lowest BCUT2D eigenvalue weighted by molar-refractivity contribution is 0.0478. The fourth-order valence-corrected chi connectivity index (χ4v) is 4.04. The Balaban J connectivity index is 2.29. The molecule has 1 aromatic rings. The molecule has 0 saturated carbocycles. The predicted octanol–water partition coefficient (Wildman–Crippen LogP) is 4.17. The van der Waals surface area contributed by atoms with Gasteiger partial charge < -0.3 is 14.8 Å². The van der Waals surface area contributed by atoms with Gasteiger partial charge in [-0.1, -0.05) is 28.9 Å². The highest BCUT2D eigenvalue weighted by atomic mass is 79.9. The number of benzene rings is 1. The molecule has 3 nitrogen and oxygen atoms in total. The molecule has 0 spiro atoms. The Labute approximate surface area is 136 Å². The third-order valence-electron chi connectivity index (χ3n) is 4.63. The molecule has 5 unspecified atom stereocenters. The first kappa shape index (κ1) is 16.8. The summed E-state index contributed by atoms with van der Waals surface area (Å²) >= 11 is 3.70. The van der Waals surface area contributed by atoms with E-state index in [4.69, 9.17) is 9.47 Å². The maximum absolute atomic E-state index is 6.01. The molecule has 1 aliphatic heterocycles. The van der Waals surface area contributed by atoms with Crippen LogP contribution in [0.2, 0.25) is 0 Å². The second-order valence-electron chi connectivity index (χ2n) is 5.87. The van der Waals surface area contributed by atoms with Crippen LogP contribution in [0, 0.1) is 11.8 Å². The molecule has 1 N–H and O–H groups in total. The third kappa shape index (κ3) is 3.43. The van der Waals surface area contributed by atoms with Crippen molar-refractivity contribution in [3.05, 3.63) is 28.2 Å². The largest absolute Gasteiger partial charge is 0.494 e. The van der Waals surface area contributed by atoms with Crippen LogP contribution in [0.25, 0.3) is 0 Å². The Bertz CT molecular complexity index is 480. The summed E-state index contributed by atoms with van der Waals surface area (Å²) in [6, 6.07) is 6.52. The van der Waals surface area contributed by atoms with E-state index in [1.165, 1.54) is 5.56 Å². The summed E-state index contributed by atoms with van der Waals surface area (Å²) in [7, 11) is 2.02. The minimum absolute atomic E-state index is 0.255. The van der Waals surface area contributed by atoms with E-state index in [0.717, 1.165) is 10.2 Å². The smallest absolute Gasteiger partial charge is 0.120 e. The number of hydrogen-bond acceptors (Lipinski definition) is 3. The highest BCUT2D eigenvalue weighted by molar-refractivity contribution is 9.10. The van der Waals surface area contributed by atoms with Gasteiger partial charge in [0.05, 0.1) is 18.8 Å². The summed E-state index contributed by atoms with van der Waals surface area (Å²) in [5.74, 6) is 1.88. The molecule has 1 aliphatic rings. The lowest BCUT2D eigenvalue weighted by atomic mass is 9.80. The van der Waals surface area contributed by atoms with Crippen molar-refractivity contribution in [3.8, 4) is 5.75 Å². The van der Waals surface area contributed by atoms with Gasteiger partial charge >= 0.3 is 0 Å². The van der Waals surface area contributed by atoms with Crippen molar-refractivity contribution in [2.24, 2.45) is 11.8 Å². The fourth-order valence-electron chi connectivity index (χ4n) is 3.44. The summed E-state index contributed by atoms with van der Waals surface area (Å²) < 4.78 is 12.7. The summed E-state index contributed by atoms with van der Waals surface area (Å²) in [6.45, 7) is 9.31. The van der Waals surface area contributed by atoms with E-state index in [1.807, 2.05) is 20.0 Å². The number of nitrogens with one attached hydrogen (secondary N) is 1. The first-order chi connectivity index (χ1) is 9.99. The number of hydrogen-bond donors (Lipinski definition) is 1. The van der Waals surface area contributed by atoms with E-state index < -0.39 is 0 Å². The van der Waals surface area contributed by atoms with Crippen LogP contribution in [-0.2, 0) is 4.74 Å². The normalized spacial score (nSPS) is 30.4. The van der Waals surface area contributed by atoms with Crippen molar-refractivity contribution in [1.82, 2.24) is 5.32 Å². The standard InChI is InChI=1S/C17H26BrNO2/c1-6-20-13-7-8-14(15(18)9-13)17(19-5)16-10(2)11(3)21-12(16)4/h7-12,16-17,19H,6H2,1-5H3. The Morgan fingerprint density at radius 3 is 2.48 bits per heavy atom. The lowest BCUT2D eigenvalue weighted by Crippen LogP contribution is -2.33. The Hall–Kier alpha value is -0.580. The van der Waals surface area contributed by atoms with Gasteiger partial charge in [0.25, 0.3) is 0 Å². The second kappa shape index (κ2) is 7.12. The van der Waals surface area contributed by atoms with Crippen LogP contribution in [0.1, 0.15) is 39.3 Å². The van der Waals surface area contributed by atoms with Crippen LogP contribution >= 0.6 is 15.9 Å².